The minimum atomic E-state index is 0.535. The fourth-order valence-electron chi connectivity index (χ4n) is 1.74. The number of nitrogens with zero attached hydrogens (tertiary/aromatic N) is 2. The molecule has 1 aromatic carbocycles. The Kier molecular flexibility index (Phi) is 3.22. The quantitative estimate of drug-likeness (QED) is 0.780. The highest BCUT2D eigenvalue weighted by Crippen LogP contribution is 2.23. The summed E-state index contributed by atoms with van der Waals surface area (Å²) in [6.45, 7) is 3.62. The van der Waals surface area contributed by atoms with Crippen LogP contribution in [-0.2, 0) is 0 Å². The summed E-state index contributed by atoms with van der Waals surface area (Å²) in [5.74, 6) is 0. The number of aldehydes is 1. The van der Waals surface area contributed by atoms with Crippen molar-refractivity contribution in [2.45, 2.75) is 13.8 Å². The van der Waals surface area contributed by atoms with Crippen LogP contribution < -0.4 is 0 Å². The average molecular weight is 269 g/mol. The molecule has 0 N–H and O–H groups in total. The lowest BCUT2D eigenvalue weighted by Crippen LogP contribution is -1.99. The predicted molar refractivity (Wildman–Crippen MR) is 68.4 cm³/mol. The fraction of sp³-hybridized carbons (Fsp3) is 0.167. The SMILES string of the molecule is Cc1nn(-c2cc(Cl)cc(Cl)c2)c(C)c1C=O. The van der Waals surface area contributed by atoms with E-state index in [0.29, 0.717) is 21.3 Å². The van der Waals surface area contributed by atoms with Gasteiger partial charge in [-0.05, 0) is 32.0 Å². The van der Waals surface area contributed by atoms with Gasteiger partial charge in [0.25, 0.3) is 0 Å². The second kappa shape index (κ2) is 4.51. The van der Waals surface area contributed by atoms with Gasteiger partial charge in [0.15, 0.2) is 6.29 Å². The summed E-state index contributed by atoms with van der Waals surface area (Å²) in [6, 6.07) is 5.15. The Hall–Kier alpha value is -1.32. The van der Waals surface area contributed by atoms with E-state index < -0.39 is 0 Å². The van der Waals surface area contributed by atoms with Gasteiger partial charge >= 0.3 is 0 Å². The van der Waals surface area contributed by atoms with E-state index in [4.69, 9.17) is 23.2 Å². The lowest BCUT2D eigenvalue weighted by Gasteiger charge is -2.05. The molecule has 0 aliphatic carbocycles. The zero-order valence-corrected chi connectivity index (χ0v) is 10.9. The lowest BCUT2D eigenvalue weighted by atomic mass is 10.2. The minimum absolute atomic E-state index is 0.535. The standard InChI is InChI=1S/C12H10Cl2N2O/c1-7-12(6-17)8(2)16(15-7)11-4-9(13)3-10(14)5-11/h3-6H,1-2H3. The maximum Gasteiger partial charge on any atom is 0.153 e. The molecule has 1 heterocycles. The molecule has 0 spiro atoms. The summed E-state index contributed by atoms with van der Waals surface area (Å²) in [4.78, 5) is 10.9. The molecular weight excluding hydrogens is 259 g/mol. The molecule has 0 radical (unpaired) electrons. The molecule has 0 saturated heterocycles. The third-order valence-corrected chi connectivity index (χ3v) is 2.99. The molecule has 3 nitrogen and oxygen atoms in total. The molecule has 2 aromatic rings. The lowest BCUT2D eigenvalue weighted by molar-refractivity contribution is 0.112. The number of carbonyl (C=O) groups is 1. The molecule has 0 unspecified atom stereocenters. The van der Waals surface area contributed by atoms with E-state index in [-0.39, 0.29) is 0 Å². The zero-order valence-electron chi connectivity index (χ0n) is 9.37. The number of aromatic nitrogens is 2. The molecule has 17 heavy (non-hydrogen) atoms. The summed E-state index contributed by atoms with van der Waals surface area (Å²) in [6.07, 6.45) is 0.806. The number of rotatable bonds is 2. The molecule has 88 valence electrons. The van der Waals surface area contributed by atoms with Crippen LogP contribution in [0.2, 0.25) is 10.0 Å². The Morgan fingerprint density at radius 3 is 2.24 bits per heavy atom. The van der Waals surface area contributed by atoms with Crippen LogP contribution in [0.25, 0.3) is 5.69 Å². The van der Waals surface area contributed by atoms with Crippen LogP contribution in [0.4, 0.5) is 0 Å². The second-order valence-electron chi connectivity index (χ2n) is 3.74. The Morgan fingerprint density at radius 1 is 1.18 bits per heavy atom. The maximum atomic E-state index is 10.9. The van der Waals surface area contributed by atoms with Crippen LogP contribution in [0.1, 0.15) is 21.7 Å². The summed E-state index contributed by atoms with van der Waals surface area (Å²) < 4.78 is 1.66. The second-order valence-corrected chi connectivity index (χ2v) is 4.61. The van der Waals surface area contributed by atoms with Crippen molar-refractivity contribution < 1.29 is 4.79 Å². The molecule has 1 aromatic heterocycles. The van der Waals surface area contributed by atoms with Crippen LogP contribution in [0, 0.1) is 13.8 Å². The van der Waals surface area contributed by atoms with Gasteiger partial charge in [0.2, 0.25) is 0 Å². The highest BCUT2D eigenvalue weighted by Gasteiger charge is 2.12. The van der Waals surface area contributed by atoms with E-state index >= 15 is 0 Å². The van der Waals surface area contributed by atoms with E-state index in [2.05, 4.69) is 5.10 Å². The van der Waals surface area contributed by atoms with Gasteiger partial charge in [-0.15, -0.1) is 0 Å². The van der Waals surface area contributed by atoms with Crippen molar-refractivity contribution in [2.75, 3.05) is 0 Å². The van der Waals surface area contributed by atoms with Crippen molar-refractivity contribution in [1.29, 1.82) is 0 Å². The molecule has 0 atom stereocenters. The number of hydrogen-bond donors (Lipinski definition) is 0. The van der Waals surface area contributed by atoms with Gasteiger partial charge in [-0.25, -0.2) is 4.68 Å². The van der Waals surface area contributed by atoms with Gasteiger partial charge in [0.1, 0.15) is 0 Å². The number of aryl methyl sites for hydroxylation is 1. The van der Waals surface area contributed by atoms with Gasteiger partial charge in [-0.2, -0.15) is 5.10 Å². The first-order valence-corrected chi connectivity index (χ1v) is 5.76. The summed E-state index contributed by atoms with van der Waals surface area (Å²) >= 11 is 11.9. The largest absolute Gasteiger partial charge is 0.298 e. The van der Waals surface area contributed by atoms with Crippen LogP contribution in [0.15, 0.2) is 18.2 Å². The first kappa shape index (κ1) is 12.1. The third kappa shape index (κ3) is 2.21. The zero-order chi connectivity index (χ0) is 12.6. The van der Waals surface area contributed by atoms with Gasteiger partial charge in [0.05, 0.1) is 22.6 Å². The van der Waals surface area contributed by atoms with E-state index in [0.717, 1.165) is 17.7 Å². The molecule has 0 aliphatic heterocycles. The van der Waals surface area contributed by atoms with Crippen LogP contribution >= 0.6 is 23.2 Å². The van der Waals surface area contributed by atoms with Gasteiger partial charge in [0, 0.05) is 10.0 Å². The van der Waals surface area contributed by atoms with Crippen molar-refractivity contribution >= 4 is 29.5 Å². The average Bonchev–Trinajstić information content (AvgIpc) is 2.52. The normalized spacial score (nSPS) is 10.6. The predicted octanol–water partition coefficient (Wildman–Crippen LogP) is 3.61. The molecular formula is C12H10Cl2N2O. The highest BCUT2D eigenvalue weighted by molar-refractivity contribution is 6.34. The van der Waals surface area contributed by atoms with Crippen molar-refractivity contribution in [1.82, 2.24) is 9.78 Å². The summed E-state index contributed by atoms with van der Waals surface area (Å²) in [5, 5.41) is 5.37. The third-order valence-electron chi connectivity index (χ3n) is 2.56. The monoisotopic (exact) mass is 268 g/mol. The van der Waals surface area contributed by atoms with E-state index in [9.17, 15) is 4.79 Å². The fourth-order valence-corrected chi connectivity index (χ4v) is 2.25. The van der Waals surface area contributed by atoms with Gasteiger partial charge in [-0.3, -0.25) is 4.79 Å². The minimum Gasteiger partial charge on any atom is -0.298 e. The highest BCUT2D eigenvalue weighted by atomic mass is 35.5. The number of carbonyl (C=O) groups excluding carboxylic acids is 1. The summed E-state index contributed by atoms with van der Waals surface area (Å²) in [7, 11) is 0. The first-order chi connectivity index (χ1) is 8.02. The van der Waals surface area contributed by atoms with Crippen molar-refractivity contribution in [3.8, 4) is 5.69 Å². The van der Waals surface area contributed by atoms with E-state index in [1.807, 2.05) is 6.92 Å². The van der Waals surface area contributed by atoms with Crippen molar-refractivity contribution in [3.05, 3.63) is 45.2 Å². The Labute approximate surface area is 109 Å². The molecule has 0 saturated carbocycles. The van der Waals surface area contributed by atoms with Crippen LogP contribution in [0.5, 0.6) is 0 Å². The maximum absolute atomic E-state index is 10.9. The molecule has 0 fully saturated rings. The van der Waals surface area contributed by atoms with Gasteiger partial charge in [-0.1, -0.05) is 23.2 Å². The Balaban J connectivity index is 2.64. The van der Waals surface area contributed by atoms with Crippen LogP contribution in [-0.4, -0.2) is 16.1 Å². The number of halogens is 2. The van der Waals surface area contributed by atoms with Crippen molar-refractivity contribution in [3.63, 3.8) is 0 Å². The van der Waals surface area contributed by atoms with Crippen molar-refractivity contribution in [2.24, 2.45) is 0 Å². The number of hydrogen-bond acceptors (Lipinski definition) is 2. The molecule has 5 heteroatoms. The van der Waals surface area contributed by atoms with E-state index in [1.54, 1.807) is 29.8 Å². The summed E-state index contributed by atoms with van der Waals surface area (Å²) in [5.41, 5.74) is 2.81. The molecule has 2 rings (SSSR count). The van der Waals surface area contributed by atoms with Gasteiger partial charge < -0.3 is 0 Å². The first-order valence-electron chi connectivity index (χ1n) is 5.01. The Morgan fingerprint density at radius 2 is 1.76 bits per heavy atom. The molecule has 0 aliphatic rings. The molecule has 0 bridgehead atoms. The smallest absolute Gasteiger partial charge is 0.153 e. The van der Waals surface area contributed by atoms with E-state index in [1.165, 1.54) is 0 Å². The Bertz CT molecular complexity index is 570. The van der Waals surface area contributed by atoms with Crippen LogP contribution in [0.3, 0.4) is 0 Å². The topological polar surface area (TPSA) is 34.9 Å². The molecule has 0 amide bonds. The number of benzene rings is 1.